The van der Waals surface area contributed by atoms with Crippen molar-refractivity contribution in [3.63, 3.8) is 0 Å². The summed E-state index contributed by atoms with van der Waals surface area (Å²) in [6.07, 6.45) is 4.38. The van der Waals surface area contributed by atoms with Crippen LogP contribution in [0.4, 0.5) is 13.2 Å². The Morgan fingerprint density at radius 1 is 1.12 bits per heavy atom. The minimum Gasteiger partial charge on any atom is -0.335 e. The lowest BCUT2D eigenvalue weighted by Gasteiger charge is -2.40. The minimum atomic E-state index is -4.40. The van der Waals surface area contributed by atoms with Crippen LogP contribution in [0.3, 0.4) is 0 Å². The molecule has 8 heteroatoms. The van der Waals surface area contributed by atoms with Gasteiger partial charge in [0, 0.05) is 48.0 Å². The summed E-state index contributed by atoms with van der Waals surface area (Å²) in [6.45, 7) is 4.73. The molecule has 0 radical (unpaired) electrons. The van der Waals surface area contributed by atoms with Crippen molar-refractivity contribution >= 4 is 5.91 Å². The summed E-state index contributed by atoms with van der Waals surface area (Å²) in [7, 11) is 0. The minimum absolute atomic E-state index is 0.0225. The molecule has 1 saturated heterocycles. The van der Waals surface area contributed by atoms with E-state index in [1.54, 1.807) is 12.4 Å². The summed E-state index contributed by atoms with van der Waals surface area (Å²) in [5, 5.41) is 0. The van der Waals surface area contributed by atoms with E-state index in [2.05, 4.69) is 21.9 Å². The zero-order valence-electron chi connectivity index (χ0n) is 19.2. The molecule has 1 aromatic carbocycles. The molecule has 3 aromatic rings. The first-order valence-corrected chi connectivity index (χ1v) is 11.4. The topological polar surface area (TPSA) is 59.0 Å². The van der Waals surface area contributed by atoms with Crippen molar-refractivity contribution in [3.05, 3.63) is 77.6 Å². The number of benzene rings is 1. The Bertz CT molecular complexity index is 1130. The van der Waals surface area contributed by atoms with Gasteiger partial charge in [0.05, 0.1) is 5.56 Å². The Labute approximate surface area is 197 Å². The van der Waals surface area contributed by atoms with Gasteiger partial charge in [-0.15, -0.1) is 0 Å². The number of aromatic nitrogens is 3. The zero-order valence-corrected chi connectivity index (χ0v) is 19.2. The highest BCUT2D eigenvalue weighted by Crippen LogP contribution is 2.32. The van der Waals surface area contributed by atoms with Gasteiger partial charge in [-0.2, -0.15) is 13.2 Å². The first kappa shape index (κ1) is 23.9. The van der Waals surface area contributed by atoms with E-state index in [1.165, 1.54) is 12.4 Å². The van der Waals surface area contributed by atoms with E-state index in [0.29, 0.717) is 30.6 Å². The van der Waals surface area contributed by atoms with E-state index in [-0.39, 0.29) is 17.9 Å². The van der Waals surface area contributed by atoms with Crippen LogP contribution in [0.5, 0.6) is 0 Å². The molecule has 0 saturated carbocycles. The van der Waals surface area contributed by atoms with Crippen LogP contribution in [-0.2, 0) is 12.6 Å². The lowest BCUT2D eigenvalue weighted by atomic mass is 9.86. The van der Waals surface area contributed by atoms with Crippen molar-refractivity contribution in [2.24, 2.45) is 5.92 Å². The number of piperidine rings is 1. The van der Waals surface area contributed by atoms with Gasteiger partial charge in [-0.25, -0.2) is 9.97 Å². The molecule has 4 rings (SSSR count). The number of aryl methyl sites for hydroxylation is 2. The summed E-state index contributed by atoms with van der Waals surface area (Å²) in [6, 6.07) is 8.26. The number of alkyl halides is 3. The second kappa shape index (κ2) is 9.91. The maximum Gasteiger partial charge on any atom is 0.417 e. The molecule has 0 bridgehead atoms. The van der Waals surface area contributed by atoms with E-state index in [4.69, 9.17) is 0 Å². The Morgan fingerprint density at radius 3 is 2.56 bits per heavy atom. The van der Waals surface area contributed by atoms with Crippen molar-refractivity contribution in [3.8, 4) is 11.1 Å². The highest BCUT2D eigenvalue weighted by molar-refractivity contribution is 6.01. The smallest absolute Gasteiger partial charge is 0.335 e. The molecule has 0 N–H and O–H groups in total. The summed E-state index contributed by atoms with van der Waals surface area (Å²) in [5.74, 6) is 0.236. The van der Waals surface area contributed by atoms with Crippen molar-refractivity contribution < 1.29 is 18.0 Å². The summed E-state index contributed by atoms with van der Waals surface area (Å²) < 4.78 is 38.5. The number of carbonyl (C=O) groups is 1. The molecule has 1 amide bonds. The molecule has 1 aliphatic rings. The van der Waals surface area contributed by atoms with E-state index in [1.807, 2.05) is 30.0 Å². The number of nitrogens with zero attached hydrogens (tertiary/aromatic N) is 4. The van der Waals surface area contributed by atoms with Crippen LogP contribution >= 0.6 is 0 Å². The standard InChI is InChI=1S/C26H27F3N4O/c1-17-5-9-22(19-13-30-16-31-14-19)23(12-17)25(34)33-11-3-4-18(2)24(33)10-8-21-7-6-20(15-32-21)26(27,28)29/h5-7,9,12-16,18,24H,3-4,8,10-11H2,1-2H3/t18-,24-/m1/s1. The highest BCUT2D eigenvalue weighted by atomic mass is 19.4. The molecular weight excluding hydrogens is 441 g/mol. The van der Waals surface area contributed by atoms with E-state index < -0.39 is 11.7 Å². The second-order valence-electron chi connectivity index (χ2n) is 8.94. The van der Waals surface area contributed by atoms with Gasteiger partial charge in [-0.05, 0) is 62.3 Å². The number of hydrogen-bond acceptors (Lipinski definition) is 4. The van der Waals surface area contributed by atoms with Crippen LogP contribution in [0, 0.1) is 12.8 Å². The first-order valence-electron chi connectivity index (χ1n) is 11.4. The van der Waals surface area contributed by atoms with Crippen LogP contribution < -0.4 is 0 Å². The predicted octanol–water partition coefficient (Wildman–Crippen LogP) is 5.74. The molecule has 2 aromatic heterocycles. The molecule has 1 fully saturated rings. The molecular formula is C26H27F3N4O. The predicted molar refractivity (Wildman–Crippen MR) is 123 cm³/mol. The van der Waals surface area contributed by atoms with Crippen molar-refractivity contribution in [2.75, 3.05) is 6.54 Å². The van der Waals surface area contributed by atoms with Gasteiger partial charge < -0.3 is 4.90 Å². The van der Waals surface area contributed by atoms with Crippen LogP contribution in [0.2, 0.25) is 0 Å². The maximum absolute atomic E-state index is 13.8. The number of halogens is 3. The molecule has 2 atom stereocenters. The fourth-order valence-corrected chi connectivity index (χ4v) is 4.66. The van der Waals surface area contributed by atoms with Gasteiger partial charge in [0.2, 0.25) is 0 Å². The van der Waals surface area contributed by atoms with Crippen molar-refractivity contribution in [2.45, 2.75) is 51.7 Å². The summed E-state index contributed by atoms with van der Waals surface area (Å²) in [4.78, 5) is 27.9. The fourth-order valence-electron chi connectivity index (χ4n) is 4.66. The van der Waals surface area contributed by atoms with Crippen molar-refractivity contribution in [1.29, 1.82) is 0 Å². The monoisotopic (exact) mass is 468 g/mol. The van der Waals surface area contributed by atoms with Crippen molar-refractivity contribution in [1.82, 2.24) is 19.9 Å². The van der Waals surface area contributed by atoms with E-state index >= 15 is 0 Å². The zero-order chi connectivity index (χ0) is 24.3. The largest absolute Gasteiger partial charge is 0.417 e. The Balaban J connectivity index is 1.57. The Kier molecular flexibility index (Phi) is 6.95. The molecule has 0 aliphatic carbocycles. The summed E-state index contributed by atoms with van der Waals surface area (Å²) in [5.41, 5.74) is 3.01. The SMILES string of the molecule is Cc1ccc(-c2cncnc2)c(C(=O)N2CCC[C@@H](C)[C@H]2CCc2ccc(C(F)(F)F)cn2)c1. The fraction of sp³-hybridized carbons (Fsp3) is 0.385. The highest BCUT2D eigenvalue weighted by Gasteiger charge is 2.34. The number of rotatable bonds is 5. The second-order valence-corrected chi connectivity index (χ2v) is 8.94. The molecule has 0 unspecified atom stereocenters. The molecule has 3 heterocycles. The third kappa shape index (κ3) is 5.26. The quantitative estimate of drug-likeness (QED) is 0.479. The van der Waals surface area contributed by atoms with Gasteiger partial charge in [-0.1, -0.05) is 24.6 Å². The number of likely N-dealkylation sites (tertiary alicyclic amines) is 1. The van der Waals surface area contributed by atoms with Crippen LogP contribution in [0.25, 0.3) is 11.1 Å². The molecule has 34 heavy (non-hydrogen) atoms. The normalized spacial score (nSPS) is 18.7. The average Bonchev–Trinajstić information content (AvgIpc) is 2.83. The lowest BCUT2D eigenvalue weighted by molar-refractivity contribution is -0.137. The van der Waals surface area contributed by atoms with Gasteiger partial charge in [0.1, 0.15) is 6.33 Å². The molecule has 178 valence electrons. The number of pyridine rings is 1. The maximum atomic E-state index is 13.8. The molecule has 0 spiro atoms. The average molecular weight is 469 g/mol. The Hall–Kier alpha value is -3.29. The lowest BCUT2D eigenvalue weighted by Crippen LogP contribution is -2.48. The van der Waals surface area contributed by atoms with E-state index in [9.17, 15) is 18.0 Å². The van der Waals surface area contributed by atoms with Gasteiger partial charge >= 0.3 is 6.18 Å². The first-order chi connectivity index (χ1) is 16.2. The number of amides is 1. The molecule has 1 aliphatic heterocycles. The third-order valence-corrected chi connectivity index (χ3v) is 6.50. The van der Waals surface area contributed by atoms with Gasteiger partial charge in [0.25, 0.3) is 5.91 Å². The number of carbonyl (C=O) groups excluding carboxylic acids is 1. The van der Waals surface area contributed by atoms with Crippen LogP contribution in [-0.4, -0.2) is 38.3 Å². The van der Waals surface area contributed by atoms with Gasteiger partial charge in [-0.3, -0.25) is 9.78 Å². The summed E-state index contributed by atoms with van der Waals surface area (Å²) >= 11 is 0. The van der Waals surface area contributed by atoms with Gasteiger partial charge in [0.15, 0.2) is 0 Å². The Morgan fingerprint density at radius 2 is 1.88 bits per heavy atom. The molecule has 5 nitrogen and oxygen atoms in total. The van der Waals surface area contributed by atoms with Crippen LogP contribution in [0.1, 0.15) is 53.4 Å². The third-order valence-electron chi connectivity index (χ3n) is 6.50. The van der Waals surface area contributed by atoms with Crippen LogP contribution in [0.15, 0.2) is 55.2 Å². The van der Waals surface area contributed by atoms with E-state index in [0.717, 1.165) is 41.8 Å². The number of hydrogen-bond donors (Lipinski definition) is 0.